The SMILES string of the molecule is CCNc1nc(-c2ccnn2CC)c(Cl)cc1Cl. The summed E-state index contributed by atoms with van der Waals surface area (Å²) in [7, 11) is 0. The monoisotopic (exact) mass is 284 g/mol. The second-order valence-corrected chi connectivity index (χ2v) is 4.53. The molecule has 0 aliphatic rings. The third-order valence-electron chi connectivity index (χ3n) is 2.53. The Kier molecular flexibility index (Phi) is 4.09. The van der Waals surface area contributed by atoms with Crippen molar-refractivity contribution in [3.05, 3.63) is 28.4 Å². The molecule has 2 rings (SSSR count). The van der Waals surface area contributed by atoms with E-state index in [1.807, 2.05) is 24.6 Å². The van der Waals surface area contributed by atoms with Gasteiger partial charge in [-0.05, 0) is 26.0 Å². The molecule has 2 aromatic heterocycles. The quantitative estimate of drug-likeness (QED) is 0.931. The summed E-state index contributed by atoms with van der Waals surface area (Å²) in [5.74, 6) is 0.641. The fourth-order valence-electron chi connectivity index (χ4n) is 1.72. The van der Waals surface area contributed by atoms with Crippen molar-refractivity contribution in [3.8, 4) is 11.4 Å². The number of hydrogen-bond donors (Lipinski definition) is 1. The molecule has 0 saturated carbocycles. The highest BCUT2D eigenvalue weighted by Gasteiger charge is 2.13. The van der Waals surface area contributed by atoms with Crippen molar-refractivity contribution < 1.29 is 0 Å². The smallest absolute Gasteiger partial charge is 0.145 e. The zero-order valence-corrected chi connectivity index (χ0v) is 11.8. The predicted molar refractivity (Wildman–Crippen MR) is 75.3 cm³/mol. The van der Waals surface area contributed by atoms with Gasteiger partial charge in [0, 0.05) is 19.3 Å². The fourth-order valence-corrected chi connectivity index (χ4v) is 2.25. The highest BCUT2D eigenvalue weighted by Crippen LogP contribution is 2.32. The summed E-state index contributed by atoms with van der Waals surface area (Å²) < 4.78 is 1.85. The van der Waals surface area contributed by atoms with Crippen LogP contribution in [0, 0.1) is 0 Å². The Morgan fingerprint density at radius 1 is 1.28 bits per heavy atom. The molecule has 0 amide bonds. The number of pyridine rings is 1. The van der Waals surface area contributed by atoms with E-state index in [1.54, 1.807) is 12.3 Å². The van der Waals surface area contributed by atoms with Gasteiger partial charge < -0.3 is 5.32 Å². The third-order valence-corrected chi connectivity index (χ3v) is 3.11. The lowest BCUT2D eigenvalue weighted by atomic mass is 10.2. The maximum absolute atomic E-state index is 6.21. The van der Waals surface area contributed by atoms with E-state index >= 15 is 0 Å². The number of nitrogens with one attached hydrogen (secondary N) is 1. The van der Waals surface area contributed by atoms with Gasteiger partial charge in [0.25, 0.3) is 0 Å². The molecule has 0 saturated heterocycles. The molecule has 0 aliphatic carbocycles. The predicted octanol–water partition coefficient (Wildman–Crippen LogP) is 3.70. The number of hydrogen-bond acceptors (Lipinski definition) is 3. The van der Waals surface area contributed by atoms with Gasteiger partial charge in [0.05, 0.1) is 15.7 Å². The number of aromatic nitrogens is 3. The largest absolute Gasteiger partial charge is 0.369 e. The Balaban J connectivity index is 2.53. The van der Waals surface area contributed by atoms with Crippen molar-refractivity contribution in [1.29, 1.82) is 0 Å². The topological polar surface area (TPSA) is 42.7 Å². The average Bonchev–Trinajstić information content (AvgIpc) is 2.80. The minimum atomic E-state index is 0.521. The van der Waals surface area contributed by atoms with Crippen molar-refractivity contribution in [2.24, 2.45) is 0 Å². The highest BCUT2D eigenvalue weighted by molar-refractivity contribution is 6.37. The van der Waals surface area contributed by atoms with Crippen LogP contribution < -0.4 is 5.32 Å². The molecule has 96 valence electrons. The highest BCUT2D eigenvalue weighted by atomic mass is 35.5. The van der Waals surface area contributed by atoms with Gasteiger partial charge in [0.15, 0.2) is 0 Å². The van der Waals surface area contributed by atoms with Gasteiger partial charge in [0.1, 0.15) is 11.5 Å². The zero-order chi connectivity index (χ0) is 13.1. The van der Waals surface area contributed by atoms with Crippen LogP contribution in [0.2, 0.25) is 10.0 Å². The Morgan fingerprint density at radius 3 is 2.72 bits per heavy atom. The number of anilines is 1. The van der Waals surface area contributed by atoms with Gasteiger partial charge in [-0.1, -0.05) is 23.2 Å². The summed E-state index contributed by atoms with van der Waals surface area (Å²) >= 11 is 12.3. The molecule has 0 fully saturated rings. The molecule has 4 nitrogen and oxygen atoms in total. The first-order valence-corrected chi connectivity index (χ1v) is 6.55. The molecule has 2 heterocycles. The summed E-state index contributed by atoms with van der Waals surface area (Å²) in [6.07, 6.45) is 1.73. The van der Waals surface area contributed by atoms with Gasteiger partial charge in [-0.3, -0.25) is 4.68 Å². The Bertz CT molecular complexity index is 551. The normalized spacial score (nSPS) is 10.7. The van der Waals surface area contributed by atoms with E-state index in [0.29, 0.717) is 21.6 Å². The molecule has 2 aromatic rings. The standard InChI is InChI=1S/C12H14Cl2N4/c1-3-15-12-9(14)7-8(13)11(17-12)10-5-6-16-18(10)4-2/h5-7H,3-4H2,1-2H3,(H,15,17). The van der Waals surface area contributed by atoms with Crippen LogP contribution in [0.1, 0.15) is 13.8 Å². The fraction of sp³-hybridized carbons (Fsp3) is 0.333. The van der Waals surface area contributed by atoms with E-state index in [-0.39, 0.29) is 0 Å². The van der Waals surface area contributed by atoms with E-state index in [9.17, 15) is 0 Å². The van der Waals surface area contributed by atoms with Gasteiger partial charge in [0.2, 0.25) is 0 Å². The summed E-state index contributed by atoms with van der Waals surface area (Å²) in [5.41, 5.74) is 1.58. The molecule has 0 atom stereocenters. The molecular formula is C12H14Cl2N4. The summed E-state index contributed by atoms with van der Waals surface area (Å²) in [6, 6.07) is 3.60. The Hall–Kier alpha value is -1.26. The number of nitrogens with zero attached hydrogens (tertiary/aromatic N) is 3. The molecule has 0 unspecified atom stereocenters. The van der Waals surface area contributed by atoms with Gasteiger partial charge in [-0.15, -0.1) is 0 Å². The van der Waals surface area contributed by atoms with E-state index in [1.165, 1.54) is 0 Å². The van der Waals surface area contributed by atoms with E-state index in [2.05, 4.69) is 15.4 Å². The van der Waals surface area contributed by atoms with Gasteiger partial charge in [-0.25, -0.2) is 4.98 Å². The summed E-state index contributed by atoms with van der Waals surface area (Å²) in [6.45, 7) is 5.52. The van der Waals surface area contributed by atoms with Crippen LogP contribution in [-0.2, 0) is 6.54 Å². The maximum atomic E-state index is 6.21. The zero-order valence-electron chi connectivity index (χ0n) is 10.2. The molecule has 6 heteroatoms. The second-order valence-electron chi connectivity index (χ2n) is 3.71. The molecule has 0 aliphatic heterocycles. The van der Waals surface area contributed by atoms with Crippen LogP contribution in [0.4, 0.5) is 5.82 Å². The molecule has 0 radical (unpaired) electrons. The van der Waals surface area contributed by atoms with Crippen LogP contribution in [0.5, 0.6) is 0 Å². The van der Waals surface area contributed by atoms with Crippen molar-refractivity contribution >= 4 is 29.0 Å². The molecule has 0 bridgehead atoms. The second kappa shape index (κ2) is 5.59. The minimum absolute atomic E-state index is 0.521. The van der Waals surface area contributed by atoms with Gasteiger partial charge >= 0.3 is 0 Å². The number of rotatable bonds is 4. The first kappa shape index (κ1) is 13.2. The van der Waals surface area contributed by atoms with Crippen molar-refractivity contribution in [3.63, 3.8) is 0 Å². The first-order chi connectivity index (χ1) is 8.67. The summed E-state index contributed by atoms with van der Waals surface area (Å²) in [4.78, 5) is 4.48. The van der Waals surface area contributed by atoms with Crippen LogP contribution in [0.15, 0.2) is 18.3 Å². The molecule has 0 aromatic carbocycles. The molecule has 18 heavy (non-hydrogen) atoms. The van der Waals surface area contributed by atoms with E-state index in [4.69, 9.17) is 23.2 Å². The van der Waals surface area contributed by atoms with Crippen LogP contribution in [0.25, 0.3) is 11.4 Å². The van der Waals surface area contributed by atoms with E-state index < -0.39 is 0 Å². The molecule has 0 spiro atoms. The lowest BCUT2D eigenvalue weighted by Crippen LogP contribution is -2.04. The third kappa shape index (κ3) is 2.44. The van der Waals surface area contributed by atoms with Crippen molar-refractivity contribution in [2.45, 2.75) is 20.4 Å². The average molecular weight is 285 g/mol. The van der Waals surface area contributed by atoms with E-state index in [0.717, 1.165) is 18.8 Å². The van der Waals surface area contributed by atoms with Gasteiger partial charge in [-0.2, -0.15) is 5.10 Å². The Labute approximate surface area is 116 Å². The summed E-state index contributed by atoms with van der Waals surface area (Å²) in [5, 5.41) is 8.37. The molecule has 1 N–H and O–H groups in total. The van der Waals surface area contributed by atoms with Crippen LogP contribution in [0.3, 0.4) is 0 Å². The lowest BCUT2D eigenvalue weighted by molar-refractivity contribution is 0.666. The van der Waals surface area contributed by atoms with Crippen molar-refractivity contribution in [2.75, 3.05) is 11.9 Å². The Morgan fingerprint density at radius 2 is 2.06 bits per heavy atom. The minimum Gasteiger partial charge on any atom is -0.369 e. The number of aryl methyl sites for hydroxylation is 1. The van der Waals surface area contributed by atoms with Crippen LogP contribution >= 0.6 is 23.2 Å². The lowest BCUT2D eigenvalue weighted by Gasteiger charge is -2.10. The maximum Gasteiger partial charge on any atom is 0.145 e. The first-order valence-electron chi connectivity index (χ1n) is 5.79. The van der Waals surface area contributed by atoms with Crippen LogP contribution in [-0.4, -0.2) is 21.3 Å². The number of halogens is 2. The molecular weight excluding hydrogens is 271 g/mol. The van der Waals surface area contributed by atoms with Crippen molar-refractivity contribution in [1.82, 2.24) is 14.8 Å².